The molecule has 0 aliphatic carbocycles. The molecule has 7 heteroatoms. The zero-order chi connectivity index (χ0) is 19.6. The average molecular weight is 510 g/mol. The topological polar surface area (TPSA) is 47.8 Å². The Bertz CT molecular complexity index is 705. The van der Waals surface area contributed by atoms with Crippen molar-refractivity contribution in [2.75, 3.05) is 46.3 Å². The molecule has 0 spiro atoms. The van der Waals surface area contributed by atoms with Gasteiger partial charge in [-0.3, -0.25) is 9.89 Å². The monoisotopic (exact) mass is 510 g/mol. The van der Waals surface area contributed by atoms with E-state index in [0.29, 0.717) is 0 Å². The van der Waals surface area contributed by atoms with Crippen LogP contribution < -0.4 is 10.6 Å². The number of piperazine rings is 1. The summed E-state index contributed by atoms with van der Waals surface area (Å²) in [6, 6.07) is 13.0. The van der Waals surface area contributed by atoms with E-state index in [1.54, 1.807) is 0 Å². The SMILES string of the molecule is CCN1CCN(Cc2ccc(CNC(=NC)NCCn3cccc3)cc2)CC1.I. The molecule has 3 rings (SSSR count). The molecule has 0 amide bonds. The van der Waals surface area contributed by atoms with Crippen LogP contribution in [0.4, 0.5) is 0 Å². The quantitative estimate of drug-likeness (QED) is 0.326. The van der Waals surface area contributed by atoms with Crippen LogP contribution >= 0.6 is 24.0 Å². The van der Waals surface area contributed by atoms with Crippen molar-refractivity contribution >= 4 is 29.9 Å². The van der Waals surface area contributed by atoms with Crippen molar-refractivity contribution in [1.29, 1.82) is 0 Å². The highest BCUT2D eigenvalue weighted by Gasteiger charge is 2.15. The van der Waals surface area contributed by atoms with Crippen LogP contribution in [0.3, 0.4) is 0 Å². The van der Waals surface area contributed by atoms with Gasteiger partial charge in [0.15, 0.2) is 5.96 Å². The Morgan fingerprint density at radius 2 is 1.55 bits per heavy atom. The number of nitrogens with zero attached hydrogens (tertiary/aromatic N) is 4. The van der Waals surface area contributed by atoms with Crippen LogP contribution in [0.2, 0.25) is 0 Å². The van der Waals surface area contributed by atoms with Crippen molar-refractivity contribution in [2.45, 2.75) is 26.6 Å². The molecule has 2 aromatic rings. The molecule has 160 valence electrons. The fourth-order valence-electron chi connectivity index (χ4n) is 3.51. The van der Waals surface area contributed by atoms with Gasteiger partial charge in [0.05, 0.1) is 0 Å². The maximum Gasteiger partial charge on any atom is 0.191 e. The average Bonchev–Trinajstić information content (AvgIpc) is 3.26. The van der Waals surface area contributed by atoms with Gasteiger partial charge in [0, 0.05) is 71.8 Å². The summed E-state index contributed by atoms with van der Waals surface area (Å²) in [6.07, 6.45) is 4.15. The van der Waals surface area contributed by atoms with Crippen molar-refractivity contribution in [3.63, 3.8) is 0 Å². The Morgan fingerprint density at radius 1 is 0.931 bits per heavy atom. The van der Waals surface area contributed by atoms with Crippen LogP contribution in [0, 0.1) is 0 Å². The Balaban J connectivity index is 0.00000300. The molecule has 1 saturated heterocycles. The molecule has 1 aliphatic heterocycles. The number of hydrogen-bond donors (Lipinski definition) is 2. The summed E-state index contributed by atoms with van der Waals surface area (Å²) < 4.78 is 2.15. The molecule has 2 N–H and O–H groups in total. The number of halogens is 1. The third-order valence-corrected chi connectivity index (χ3v) is 5.35. The predicted octanol–water partition coefficient (Wildman–Crippen LogP) is 2.61. The highest BCUT2D eigenvalue weighted by atomic mass is 127. The Morgan fingerprint density at radius 3 is 2.17 bits per heavy atom. The molecule has 1 fully saturated rings. The molecule has 2 heterocycles. The number of nitrogens with one attached hydrogen (secondary N) is 2. The zero-order valence-electron chi connectivity index (χ0n) is 17.7. The van der Waals surface area contributed by atoms with Crippen LogP contribution in [0.1, 0.15) is 18.1 Å². The molecular weight excluding hydrogens is 475 g/mol. The minimum atomic E-state index is 0. The van der Waals surface area contributed by atoms with Crippen molar-refractivity contribution in [1.82, 2.24) is 25.0 Å². The number of rotatable bonds is 8. The van der Waals surface area contributed by atoms with Gasteiger partial charge in [0.1, 0.15) is 0 Å². The van der Waals surface area contributed by atoms with E-state index in [1.807, 2.05) is 19.2 Å². The number of guanidine groups is 1. The van der Waals surface area contributed by atoms with Crippen molar-refractivity contribution < 1.29 is 0 Å². The van der Waals surface area contributed by atoms with Crippen LogP contribution in [-0.4, -0.2) is 66.6 Å². The first-order chi connectivity index (χ1) is 13.8. The summed E-state index contributed by atoms with van der Waals surface area (Å²) >= 11 is 0. The summed E-state index contributed by atoms with van der Waals surface area (Å²) in [5, 5.41) is 6.75. The summed E-state index contributed by atoms with van der Waals surface area (Å²) in [5.74, 6) is 0.838. The first-order valence-corrected chi connectivity index (χ1v) is 10.3. The molecule has 0 atom stereocenters. The van der Waals surface area contributed by atoms with Crippen LogP contribution in [0.15, 0.2) is 53.8 Å². The molecule has 0 bridgehead atoms. The summed E-state index contributed by atoms with van der Waals surface area (Å²) in [4.78, 5) is 9.37. The minimum absolute atomic E-state index is 0. The lowest BCUT2D eigenvalue weighted by molar-refractivity contribution is 0.132. The predicted molar refractivity (Wildman–Crippen MR) is 132 cm³/mol. The lowest BCUT2D eigenvalue weighted by atomic mass is 10.1. The first kappa shape index (κ1) is 23.7. The standard InChI is InChI=1S/C22H34N6.HI/c1-3-26-14-16-28(17-15-26)19-21-8-6-20(7-9-21)18-25-22(23-2)24-10-13-27-11-4-5-12-27;/h4-9,11-12H,3,10,13-19H2,1-2H3,(H2,23,24,25);1H. The van der Waals surface area contributed by atoms with E-state index in [9.17, 15) is 0 Å². The van der Waals surface area contributed by atoms with Gasteiger partial charge in [0.2, 0.25) is 0 Å². The lowest BCUT2D eigenvalue weighted by Gasteiger charge is -2.34. The summed E-state index contributed by atoms with van der Waals surface area (Å²) in [7, 11) is 1.81. The van der Waals surface area contributed by atoms with E-state index in [1.165, 1.54) is 43.9 Å². The third kappa shape index (κ3) is 7.98. The lowest BCUT2D eigenvalue weighted by Crippen LogP contribution is -2.45. The van der Waals surface area contributed by atoms with Crippen LogP contribution in [0.5, 0.6) is 0 Å². The molecule has 0 saturated carbocycles. The van der Waals surface area contributed by atoms with Crippen molar-refractivity contribution in [2.24, 2.45) is 4.99 Å². The molecule has 0 unspecified atom stereocenters. The molecular formula is C22H35IN6. The normalized spacial score (nSPS) is 15.7. The highest BCUT2D eigenvalue weighted by molar-refractivity contribution is 14.0. The van der Waals surface area contributed by atoms with Gasteiger partial charge in [-0.05, 0) is 29.8 Å². The molecule has 1 aromatic carbocycles. The number of likely N-dealkylation sites (N-methyl/N-ethyl adjacent to an activating group) is 1. The Kier molecular flexibility index (Phi) is 10.5. The maximum absolute atomic E-state index is 4.30. The molecule has 0 radical (unpaired) electrons. The van der Waals surface area contributed by atoms with Gasteiger partial charge in [0.25, 0.3) is 0 Å². The second kappa shape index (κ2) is 12.9. The smallest absolute Gasteiger partial charge is 0.191 e. The molecule has 6 nitrogen and oxygen atoms in total. The second-order valence-corrected chi connectivity index (χ2v) is 7.30. The zero-order valence-corrected chi connectivity index (χ0v) is 20.0. The van der Waals surface area contributed by atoms with E-state index in [4.69, 9.17) is 0 Å². The third-order valence-electron chi connectivity index (χ3n) is 5.35. The minimum Gasteiger partial charge on any atom is -0.355 e. The molecule has 1 aliphatic rings. The fourth-order valence-corrected chi connectivity index (χ4v) is 3.51. The van der Waals surface area contributed by atoms with Crippen molar-refractivity contribution in [3.8, 4) is 0 Å². The van der Waals surface area contributed by atoms with Gasteiger partial charge in [-0.15, -0.1) is 24.0 Å². The summed E-state index contributed by atoms with van der Waals surface area (Å²) in [5.41, 5.74) is 2.66. The van der Waals surface area contributed by atoms with E-state index in [-0.39, 0.29) is 24.0 Å². The number of benzene rings is 1. The van der Waals surface area contributed by atoms with Gasteiger partial charge < -0.3 is 20.1 Å². The van der Waals surface area contributed by atoms with E-state index >= 15 is 0 Å². The van der Waals surface area contributed by atoms with E-state index < -0.39 is 0 Å². The summed E-state index contributed by atoms with van der Waals surface area (Å²) in [6.45, 7) is 11.7. The van der Waals surface area contributed by atoms with E-state index in [0.717, 1.165) is 32.1 Å². The van der Waals surface area contributed by atoms with Crippen molar-refractivity contribution in [3.05, 3.63) is 59.9 Å². The number of aliphatic imine (C=N–C) groups is 1. The Labute approximate surface area is 192 Å². The van der Waals surface area contributed by atoms with E-state index in [2.05, 4.69) is 73.6 Å². The fraction of sp³-hybridized carbons (Fsp3) is 0.500. The number of hydrogen-bond acceptors (Lipinski definition) is 3. The molecule has 29 heavy (non-hydrogen) atoms. The highest BCUT2D eigenvalue weighted by Crippen LogP contribution is 2.10. The van der Waals surface area contributed by atoms with Gasteiger partial charge >= 0.3 is 0 Å². The number of aromatic nitrogens is 1. The molecule has 1 aromatic heterocycles. The first-order valence-electron chi connectivity index (χ1n) is 10.3. The van der Waals surface area contributed by atoms with Crippen LogP contribution in [-0.2, 0) is 19.6 Å². The Hall–Kier alpha value is -1.58. The largest absolute Gasteiger partial charge is 0.355 e. The van der Waals surface area contributed by atoms with Gasteiger partial charge in [-0.1, -0.05) is 31.2 Å². The van der Waals surface area contributed by atoms with Crippen LogP contribution in [0.25, 0.3) is 0 Å². The van der Waals surface area contributed by atoms with Gasteiger partial charge in [-0.25, -0.2) is 0 Å². The van der Waals surface area contributed by atoms with Gasteiger partial charge in [-0.2, -0.15) is 0 Å². The second-order valence-electron chi connectivity index (χ2n) is 7.30. The maximum atomic E-state index is 4.30.